The molecule has 0 saturated heterocycles. The van der Waals surface area contributed by atoms with Crippen LogP contribution in [0.2, 0.25) is 18.1 Å². The molecule has 1 aliphatic heterocycles. The lowest BCUT2D eigenvalue weighted by Crippen LogP contribution is -2.41. The summed E-state index contributed by atoms with van der Waals surface area (Å²) in [6, 6.07) is 6.18. The predicted molar refractivity (Wildman–Crippen MR) is 119 cm³/mol. The smallest absolute Gasteiger partial charge is 0.404 e. The van der Waals surface area contributed by atoms with Crippen molar-refractivity contribution in [3.8, 4) is 6.07 Å². The maximum Gasteiger partial charge on any atom is 0.404 e. The SMILES string of the molecule is CC(Cc1cc(C#N)c2c(c1)CCN2CCCO[Si](C)(C)C(C)(C)C)NC(=O)O. The largest absolute Gasteiger partial charge is 0.465 e. The average molecular weight is 418 g/mol. The third-order valence-electron chi connectivity index (χ3n) is 6.09. The number of hydrogen-bond donors (Lipinski definition) is 2. The van der Waals surface area contributed by atoms with Crippen LogP contribution in [-0.2, 0) is 17.3 Å². The van der Waals surface area contributed by atoms with Gasteiger partial charge in [-0.15, -0.1) is 0 Å². The highest BCUT2D eigenvalue weighted by molar-refractivity contribution is 6.74. The van der Waals surface area contributed by atoms with E-state index < -0.39 is 14.4 Å². The van der Waals surface area contributed by atoms with Gasteiger partial charge in [0.05, 0.1) is 11.3 Å². The predicted octanol–water partition coefficient (Wildman–Crippen LogP) is 4.53. The first kappa shape index (κ1) is 23.2. The van der Waals surface area contributed by atoms with Gasteiger partial charge in [-0.2, -0.15) is 5.26 Å². The molecular formula is C22H35N3O3Si. The maximum absolute atomic E-state index is 10.8. The summed E-state index contributed by atoms with van der Waals surface area (Å²) in [6.45, 7) is 15.7. The van der Waals surface area contributed by atoms with Crippen LogP contribution in [0.4, 0.5) is 10.5 Å². The van der Waals surface area contributed by atoms with Crippen LogP contribution in [0.25, 0.3) is 0 Å². The molecule has 0 aliphatic carbocycles. The zero-order valence-electron chi connectivity index (χ0n) is 18.6. The van der Waals surface area contributed by atoms with Crippen LogP contribution in [0.3, 0.4) is 0 Å². The normalized spacial score (nSPS) is 15.0. The Bertz CT molecular complexity index is 781. The van der Waals surface area contributed by atoms with E-state index in [1.165, 1.54) is 5.56 Å². The van der Waals surface area contributed by atoms with Crippen molar-refractivity contribution in [3.63, 3.8) is 0 Å². The van der Waals surface area contributed by atoms with E-state index in [0.29, 0.717) is 12.0 Å². The number of nitriles is 1. The number of anilines is 1. The number of nitrogens with one attached hydrogen (secondary N) is 1. The molecular weight excluding hydrogens is 382 g/mol. The van der Waals surface area contributed by atoms with E-state index in [-0.39, 0.29) is 11.1 Å². The molecule has 1 aromatic carbocycles. The molecule has 2 rings (SSSR count). The second-order valence-electron chi connectivity index (χ2n) is 9.52. The summed E-state index contributed by atoms with van der Waals surface area (Å²) in [5.74, 6) is 0. The minimum Gasteiger partial charge on any atom is -0.465 e. The quantitative estimate of drug-likeness (QED) is 0.479. The summed E-state index contributed by atoms with van der Waals surface area (Å²) in [4.78, 5) is 13.1. The standard InChI is InChI=1S/C22H35N3O3Si/c1-16(24-21(26)27)12-17-13-18-8-10-25(20(18)19(14-17)15-23)9-7-11-28-29(5,6)22(2,3)4/h13-14,16,24H,7-12H2,1-6H3,(H,26,27). The van der Waals surface area contributed by atoms with E-state index in [2.05, 4.69) is 56.2 Å². The van der Waals surface area contributed by atoms with Gasteiger partial charge in [0, 0.05) is 25.7 Å². The molecule has 0 saturated carbocycles. The fraction of sp³-hybridized carbons (Fsp3) is 0.636. The topological polar surface area (TPSA) is 85.6 Å². The molecule has 1 unspecified atom stereocenters. The van der Waals surface area contributed by atoms with E-state index >= 15 is 0 Å². The Balaban J connectivity index is 2.01. The highest BCUT2D eigenvalue weighted by Crippen LogP contribution is 2.37. The van der Waals surface area contributed by atoms with Gasteiger partial charge in [0.1, 0.15) is 6.07 Å². The van der Waals surface area contributed by atoms with Gasteiger partial charge in [-0.3, -0.25) is 0 Å². The fourth-order valence-corrected chi connectivity index (χ4v) is 4.62. The highest BCUT2D eigenvalue weighted by Gasteiger charge is 2.37. The lowest BCUT2D eigenvalue weighted by atomic mass is 9.99. The van der Waals surface area contributed by atoms with Crippen molar-refractivity contribution in [1.29, 1.82) is 5.26 Å². The lowest BCUT2D eigenvalue weighted by Gasteiger charge is -2.36. The van der Waals surface area contributed by atoms with Crippen LogP contribution in [0.15, 0.2) is 12.1 Å². The van der Waals surface area contributed by atoms with E-state index in [0.717, 1.165) is 43.8 Å². The van der Waals surface area contributed by atoms with Gasteiger partial charge in [0.25, 0.3) is 0 Å². The van der Waals surface area contributed by atoms with Crippen LogP contribution < -0.4 is 10.2 Å². The number of amides is 1. The lowest BCUT2D eigenvalue weighted by molar-refractivity contribution is 0.190. The van der Waals surface area contributed by atoms with Crippen LogP contribution in [0.5, 0.6) is 0 Å². The summed E-state index contributed by atoms with van der Waals surface area (Å²) in [7, 11) is -1.72. The Morgan fingerprint density at radius 2 is 2.10 bits per heavy atom. The van der Waals surface area contributed by atoms with Crippen molar-refractivity contribution in [2.75, 3.05) is 24.6 Å². The van der Waals surface area contributed by atoms with Gasteiger partial charge >= 0.3 is 6.09 Å². The molecule has 0 aromatic heterocycles. The van der Waals surface area contributed by atoms with Gasteiger partial charge in [-0.25, -0.2) is 4.79 Å². The van der Waals surface area contributed by atoms with Gasteiger partial charge in [-0.05, 0) is 61.5 Å². The molecule has 0 bridgehead atoms. The Morgan fingerprint density at radius 1 is 1.41 bits per heavy atom. The zero-order valence-corrected chi connectivity index (χ0v) is 19.6. The first-order valence-electron chi connectivity index (χ1n) is 10.4. The molecule has 1 aliphatic rings. The van der Waals surface area contributed by atoms with Gasteiger partial charge < -0.3 is 19.7 Å². The van der Waals surface area contributed by atoms with Crippen molar-refractivity contribution in [2.45, 2.75) is 71.1 Å². The fourth-order valence-electron chi connectivity index (χ4n) is 3.53. The molecule has 2 N–H and O–H groups in total. The summed E-state index contributed by atoms with van der Waals surface area (Å²) >= 11 is 0. The zero-order chi connectivity index (χ0) is 21.8. The molecule has 6 nitrogen and oxygen atoms in total. The molecule has 7 heteroatoms. The molecule has 1 heterocycles. The van der Waals surface area contributed by atoms with E-state index in [9.17, 15) is 10.1 Å². The highest BCUT2D eigenvalue weighted by atomic mass is 28.4. The van der Waals surface area contributed by atoms with Crippen LogP contribution in [-0.4, -0.2) is 45.3 Å². The average Bonchev–Trinajstić information content (AvgIpc) is 2.99. The summed E-state index contributed by atoms with van der Waals surface area (Å²) < 4.78 is 6.29. The summed E-state index contributed by atoms with van der Waals surface area (Å²) in [5.41, 5.74) is 3.92. The molecule has 1 aromatic rings. The summed E-state index contributed by atoms with van der Waals surface area (Å²) in [6.07, 6.45) is 1.42. The molecule has 1 amide bonds. The van der Waals surface area contributed by atoms with E-state index in [1.54, 1.807) is 0 Å². The van der Waals surface area contributed by atoms with Gasteiger partial charge in [0.2, 0.25) is 0 Å². The van der Waals surface area contributed by atoms with Gasteiger partial charge in [-0.1, -0.05) is 26.8 Å². The van der Waals surface area contributed by atoms with Crippen LogP contribution in [0, 0.1) is 11.3 Å². The summed E-state index contributed by atoms with van der Waals surface area (Å²) in [5, 5.41) is 21.2. The van der Waals surface area contributed by atoms with Gasteiger partial charge in [0.15, 0.2) is 8.32 Å². The first-order valence-corrected chi connectivity index (χ1v) is 13.3. The number of nitrogens with zero attached hydrogens (tertiary/aromatic N) is 2. The Morgan fingerprint density at radius 3 is 2.69 bits per heavy atom. The number of carbonyl (C=O) groups is 1. The Kier molecular flexibility index (Phi) is 7.36. The third kappa shape index (κ3) is 5.97. The third-order valence-corrected chi connectivity index (χ3v) is 10.6. The molecule has 0 radical (unpaired) electrons. The maximum atomic E-state index is 10.8. The van der Waals surface area contributed by atoms with Crippen LogP contribution in [0.1, 0.15) is 50.8 Å². The van der Waals surface area contributed by atoms with Crippen molar-refractivity contribution in [3.05, 3.63) is 28.8 Å². The monoisotopic (exact) mass is 417 g/mol. The minimum absolute atomic E-state index is 0.193. The van der Waals surface area contributed by atoms with Crippen molar-refractivity contribution in [2.24, 2.45) is 0 Å². The number of rotatable bonds is 8. The van der Waals surface area contributed by atoms with Crippen molar-refractivity contribution in [1.82, 2.24) is 5.32 Å². The van der Waals surface area contributed by atoms with Crippen molar-refractivity contribution < 1.29 is 14.3 Å². The molecule has 29 heavy (non-hydrogen) atoms. The van der Waals surface area contributed by atoms with E-state index in [1.807, 2.05) is 13.0 Å². The molecule has 1 atom stereocenters. The minimum atomic E-state index is -1.72. The molecule has 160 valence electrons. The second kappa shape index (κ2) is 9.18. The number of benzene rings is 1. The Hall–Kier alpha value is -2.04. The van der Waals surface area contributed by atoms with Crippen LogP contribution >= 0.6 is 0 Å². The number of fused-ring (bicyclic) bond motifs is 1. The Labute approximate surface area is 176 Å². The number of carboxylic acid groups (broad SMARTS) is 1. The number of hydrogen-bond acceptors (Lipinski definition) is 4. The van der Waals surface area contributed by atoms with E-state index in [4.69, 9.17) is 9.53 Å². The van der Waals surface area contributed by atoms with Crippen molar-refractivity contribution >= 4 is 20.1 Å². The second-order valence-corrected chi connectivity index (χ2v) is 14.3. The first-order chi connectivity index (χ1) is 13.4. The molecule has 0 spiro atoms. The molecule has 0 fully saturated rings.